The lowest BCUT2D eigenvalue weighted by Gasteiger charge is -2.08. The van der Waals surface area contributed by atoms with E-state index in [1.54, 1.807) is 0 Å². The minimum Gasteiger partial charge on any atom is -0.397 e. The molecular weight excluding hydrogens is 488 g/mol. The van der Waals surface area contributed by atoms with E-state index in [9.17, 15) is 10.1 Å². The van der Waals surface area contributed by atoms with E-state index >= 15 is 0 Å². The van der Waals surface area contributed by atoms with E-state index in [1.165, 1.54) is 22.7 Å². The number of carbonyl (C=O) groups is 1. The van der Waals surface area contributed by atoms with Gasteiger partial charge in [-0.25, -0.2) is 4.98 Å². The van der Waals surface area contributed by atoms with Gasteiger partial charge in [0.25, 0.3) is 5.91 Å². The number of thiophene rings is 2. The maximum absolute atomic E-state index is 13.4. The zero-order chi connectivity index (χ0) is 25.0. The summed E-state index contributed by atoms with van der Waals surface area (Å²) in [6.45, 7) is 2.97. The molecule has 0 radical (unpaired) electrons. The van der Waals surface area contributed by atoms with Gasteiger partial charge < -0.3 is 21.4 Å². The average Bonchev–Trinajstić information content (AvgIpc) is 3.60. The number of nitriles is 1. The summed E-state index contributed by atoms with van der Waals surface area (Å²) in [5.74, 6) is -0.209. The number of rotatable bonds is 4. The summed E-state index contributed by atoms with van der Waals surface area (Å²) in [7, 11) is 0. The highest BCUT2D eigenvalue weighted by Gasteiger charge is 2.24. The van der Waals surface area contributed by atoms with Crippen molar-refractivity contribution in [2.24, 2.45) is 0 Å². The number of pyridine rings is 1. The summed E-state index contributed by atoms with van der Waals surface area (Å²) in [5, 5.41) is 19.4. The first-order valence-electron chi connectivity index (χ1n) is 11.3. The molecule has 9 heteroatoms. The maximum atomic E-state index is 13.4. The topological polar surface area (TPSA) is 123 Å². The van der Waals surface area contributed by atoms with Crippen LogP contribution in [0.25, 0.3) is 43.1 Å². The Morgan fingerprint density at radius 3 is 2.69 bits per heavy atom. The third-order valence-corrected chi connectivity index (χ3v) is 8.16. The van der Waals surface area contributed by atoms with E-state index in [0.717, 1.165) is 33.9 Å². The van der Waals surface area contributed by atoms with Crippen LogP contribution in [0.3, 0.4) is 0 Å². The van der Waals surface area contributed by atoms with Crippen molar-refractivity contribution in [2.45, 2.75) is 13.5 Å². The molecule has 36 heavy (non-hydrogen) atoms. The normalized spacial score (nSPS) is 11.3. The molecule has 0 atom stereocenters. The Bertz CT molecular complexity index is 1860. The van der Waals surface area contributed by atoms with E-state index < -0.39 is 0 Å². The SMILES string of the molecule is CCn1c2ccccc2c2cc(NC(=O)c3sc4nc(N)c(C#N)c(-c5ccsc5)c4c3N)ccc21. The molecule has 4 heterocycles. The fraction of sp³-hybridized carbons (Fsp3) is 0.0741. The Balaban J connectivity index is 1.45. The average molecular weight is 509 g/mol. The van der Waals surface area contributed by atoms with Crippen LogP contribution in [0, 0.1) is 11.3 Å². The number of hydrogen-bond donors (Lipinski definition) is 3. The summed E-state index contributed by atoms with van der Waals surface area (Å²) >= 11 is 2.68. The molecular formula is C27H20N6OS2. The van der Waals surface area contributed by atoms with Gasteiger partial charge >= 0.3 is 0 Å². The van der Waals surface area contributed by atoms with Crippen molar-refractivity contribution in [3.05, 3.63) is 69.7 Å². The van der Waals surface area contributed by atoms with Crippen molar-refractivity contribution in [3.8, 4) is 17.2 Å². The lowest BCUT2D eigenvalue weighted by atomic mass is 9.99. The fourth-order valence-electron chi connectivity index (χ4n) is 4.81. The smallest absolute Gasteiger partial charge is 0.267 e. The standard InChI is InChI=1S/C27H20N6OS2/c1-2-33-19-6-4-3-5-16(19)17-11-15(7-8-20(17)33)31-26(34)24-23(29)22-21(14-9-10-35-13-14)18(12-28)25(30)32-27(22)36-24/h3-11,13H,2,29H2,1H3,(H2,30,32)(H,31,34). The molecule has 2 aromatic carbocycles. The second-order valence-corrected chi connectivity index (χ2v) is 10.1. The highest BCUT2D eigenvalue weighted by molar-refractivity contribution is 7.21. The molecule has 0 aliphatic carbocycles. The molecule has 0 saturated heterocycles. The Kier molecular flexibility index (Phi) is 5.14. The van der Waals surface area contributed by atoms with Gasteiger partial charge in [0.05, 0.1) is 5.69 Å². The molecule has 1 amide bonds. The molecule has 0 aliphatic rings. The first-order valence-corrected chi connectivity index (χ1v) is 13.0. The summed E-state index contributed by atoms with van der Waals surface area (Å²) < 4.78 is 2.26. The van der Waals surface area contributed by atoms with Gasteiger partial charge in [-0.1, -0.05) is 18.2 Å². The number of hydrogen-bond acceptors (Lipinski definition) is 7. The molecule has 0 aliphatic heterocycles. The third kappa shape index (κ3) is 3.23. The lowest BCUT2D eigenvalue weighted by Crippen LogP contribution is -2.12. The minimum atomic E-state index is -0.331. The number of benzene rings is 2. The maximum Gasteiger partial charge on any atom is 0.267 e. The number of nitrogens with two attached hydrogens (primary N) is 2. The van der Waals surface area contributed by atoms with Crippen LogP contribution in [0.4, 0.5) is 17.2 Å². The molecule has 0 unspecified atom stereocenters. The third-order valence-electron chi connectivity index (χ3n) is 6.38. The van der Waals surface area contributed by atoms with Crippen LogP contribution in [0.2, 0.25) is 0 Å². The summed E-state index contributed by atoms with van der Waals surface area (Å²) in [6.07, 6.45) is 0. The van der Waals surface area contributed by atoms with E-state index in [4.69, 9.17) is 11.5 Å². The van der Waals surface area contributed by atoms with Gasteiger partial charge in [-0.05, 0) is 53.6 Å². The number of aryl methyl sites for hydroxylation is 1. The molecule has 7 nitrogen and oxygen atoms in total. The van der Waals surface area contributed by atoms with Gasteiger partial charge in [0.15, 0.2) is 0 Å². The predicted molar refractivity (Wildman–Crippen MR) is 150 cm³/mol. The predicted octanol–water partition coefficient (Wildman–Crippen LogP) is 6.44. The van der Waals surface area contributed by atoms with Crippen molar-refractivity contribution in [1.29, 1.82) is 5.26 Å². The number of nitrogen functional groups attached to an aromatic ring is 2. The number of carbonyl (C=O) groups excluding carboxylic acids is 1. The van der Waals surface area contributed by atoms with Crippen molar-refractivity contribution in [3.63, 3.8) is 0 Å². The zero-order valence-electron chi connectivity index (χ0n) is 19.2. The molecule has 176 valence electrons. The molecule has 0 bridgehead atoms. The number of para-hydroxylation sites is 1. The number of aromatic nitrogens is 2. The molecule has 4 aromatic heterocycles. The highest BCUT2D eigenvalue weighted by Crippen LogP contribution is 2.43. The molecule has 6 rings (SSSR count). The van der Waals surface area contributed by atoms with Crippen molar-refractivity contribution in [2.75, 3.05) is 16.8 Å². The van der Waals surface area contributed by atoms with E-state index in [2.05, 4.69) is 40.0 Å². The van der Waals surface area contributed by atoms with Crippen LogP contribution in [0.15, 0.2) is 59.3 Å². The Hall–Kier alpha value is -4.39. The Morgan fingerprint density at radius 1 is 1.14 bits per heavy atom. The van der Waals surface area contributed by atoms with Gasteiger partial charge in [0, 0.05) is 45.0 Å². The van der Waals surface area contributed by atoms with Gasteiger partial charge in [-0.15, -0.1) is 11.3 Å². The van der Waals surface area contributed by atoms with Crippen LogP contribution < -0.4 is 16.8 Å². The van der Waals surface area contributed by atoms with Crippen molar-refractivity contribution >= 4 is 77.8 Å². The van der Waals surface area contributed by atoms with E-state index in [0.29, 0.717) is 32.0 Å². The largest absolute Gasteiger partial charge is 0.397 e. The van der Waals surface area contributed by atoms with Gasteiger partial charge in [0.2, 0.25) is 0 Å². The van der Waals surface area contributed by atoms with Crippen LogP contribution in [-0.2, 0) is 6.54 Å². The quantitative estimate of drug-likeness (QED) is 0.253. The molecule has 0 saturated carbocycles. The number of nitrogens with zero attached hydrogens (tertiary/aromatic N) is 3. The molecule has 0 spiro atoms. The van der Waals surface area contributed by atoms with Gasteiger partial charge in [-0.3, -0.25) is 4.79 Å². The van der Waals surface area contributed by atoms with Crippen LogP contribution in [0.5, 0.6) is 0 Å². The first kappa shape index (κ1) is 22.1. The highest BCUT2D eigenvalue weighted by atomic mass is 32.1. The molecule has 0 fully saturated rings. The zero-order valence-corrected chi connectivity index (χ0v) is 20.8. The van der Waals surface area contributed by atoms with E-state index in [1.807, 2.05) is 47.2 Å². The fourth-order valence-corrected chi connectivity index (χ4v) is 6.46. The summed E-state index contributed by atoms with van der Waals surface area (Å²) in [4.78, 5) is 18.6. The molecule has 5 N–H and O–H groups in total. The number of anilines is 3. The first-order chi connectivity index (χ1) is 17.5. The monoisotopic (exact) mass is 508 g/mol. The Labute approximate surface area is 214 Å². The summed E-state index contributed by atoms with van der Waals surface area (Å²) in [6, 6.07) is 18.2. The Morgan fingerprint density at radius 2 is 1.94 bits per heavy atom. The minimum absolute atomic E-state index is 0.122. The van der Waals surface area contributed by atoms with Crippen molar-refractivity contribution in [1.82, 2.24) is 9.55 Å². The molecule has 6 aromatic rings. The number of amides is 1. The second-order valence-electron chi connectivity index (χ2n) is 8.34. The van der Waals surface area contributed by atoms with Crippen LogP contribution >= 0.6 is 22.7 Å². The van der Waals surface area contributed by atoms with Crippen molar-refractivity contribution < 1.29 is 4.79 Å². The lowest BCUT2D eigenvalue weighted by molar-refractivity contribution is 0.103. The second kappa shape index (κ2) is 8.37. The number of fused-ring (bicyclic) bond motifs is 4. The van der Waals surface area contributed by atoms with Crippen LogP contribution in [-0.4, -0.2) is 15.5 Å². The summed E-state index contributed by atoms with van der Waals surface area (Å²) in [5.41, 5.74) is 17.6. The van der Waals surface area contributed by atoms with Gasteiger partial charge in [0.1, 0.15) is 27.2 Å². The number of nitrogens with one attached hydrogen (secondary N) is 1. The van der Waals surface area contributed by atoms with Crippen LogP contribution in [0.1, 0.15) is 22.2 Å². The van der Waals surface area contributed by atoms with Gasteiger partial charge in [-0.2, -0.15) is 16.6 Å². The van der Waals surface area contributed by atoms with E-state index in [-0.39, 0.29) is 17.3 Å².